The zero-order valence-electron chi connectivity index (χ0n) is 12.9. The Hall–Kier alpha value is -4.08. The van der Waals surface area contributed by atoms with Crippen molar-refractivity contribution in [1.82, 2.24) is 9.97 Å². The fourth-order valence-electron chi connectivity index (χ4n) is 2.34. The van der Waals surface area contributed by atoms with Gasteiger partial charge in [-0.2, -0.15) is 0 Å². The number of nitro groups is 2. The van der Waals surface area contributed by atoms with Gasteiger partial charge < -0.3 is 10.1 Å². The molecule has 10 heteroatoms. The first-order valence-corrected chi connectivity index (χ1v) is 7.20. The number of nitrogens with zero attached hydrogens (tertiary/aromatic N) is 3. The number of rotatable bonds is 4. The minimum absolute atomic E-state index is 0.0194. The molecule has 0 aliphatic heterocycles. The summed E-state index contributed by atoms with van der Waals surface area (Å²) in [5.41, 5.74) is -1.99. The van der Waals surface area contributed by atoms with Crippen molar-refractivity contribution in [2.24, 2.45) is 0 Å². The lowest BCUT2D eigenvalue weighted by atomic mass is 10.1. The predicted octanol–water partition coefficient (Wildman–Crippen LogP) is 2.80. The fraction of sp³-hybridized carbons (Fsp3) is 0. The largest absolute Gasteiger partial charge is 0.507 e. The van der Waals surface area contributed by atoms with Crippen molar-refractivity contribution in [1.29, 1.82) is 0 Å². The maximum Gasteiger partial charge on any atom is 0.348 e. The van der Waals surface area contributed by atoms with Crippen LogP contribution in [0.25, 0.3) is 22.9 Å². The minimum atomic E-state index is -0.912. The Morgan fingerprint density at radius 3 is 2.31 bits per heavy atom. The molecule has 0 fully saturated rings. The molecule has 1 aromatic heterocycles. The molecule has 0 unspecified atom stereocenters. The molecule has 0 amide bonds. The average molecular weight is 354 g/mol. The molecule has 0 saturated carbocycles. The van der Waals surface area contributed by atoms with E-state index in [0.717, 1.165) is 18.2 Å². The number of fused-ring (bicyclic) bond motifs is 1. The number of aromatic nitrogens is 2. The van der Waals surface area contributed by atoms with Crippen LogP contribution in [0.3, 0.4) is 0 Å². The summed E-state index contributed by atoms with van der Waals surface area (Å²) >= 11 is 0. The molecule has 2 aromatic carbocycles. The highest BCUT2D eigenvalue weighted by molar-refractivity contribution is 5.84. The lowest BCUT2D eigenvalue weighted by molar-refractivity contribution is -0.422. The summed E-state index contributed by atoms with van der Waals surface area (Å²) in [7, 11) is 0. The van der Waals surface area contributed by atoms with E-state index in [9.17, 15) is 30.1 Å². The molecule has 0 radical (unpaired) electrons. The van der Waals surface area contributed by atoms with Crippen LogP contribution in [-0.4, -0.2) is 24.9 Å². The summed E-state index contributed by atoms with van der Waals surface area (Å²) in [6.07, 6.45) is 1.11. The number of aromatic amines is 1. The maximum atomic E-state index is 12.1. The van der Waals surface area contributed by atoms with Gasteiger partial charge in [0.05, 0.1) is 26.9 Å². The number of aliphatic hydroxyl groups is 1. The Bertz CT molecular complexity index is 1120. The molecule has 2 N–H and O–H groups in total. The van der Waals surface area contributed by atoms with Crippen LogP contribution in [0.4, 0.5) is 11.4 Å². The van der Waals surface area contributed by atoms with Gasteiger partial charge in [0.2, 0.25) is 0 Å². The third kappa shape index (κ3) is 3.11. The first-order chi connectivity index (χ1) is 12.4. The third-order valence-electron chi connectivity index (χ3n) is 3.55. The lowest BCUT2D eigenvalue weighted by Gasteiger charge is -2.02. The highest BCUT2D eigenvalue weighted by Crippen LogP contribution is 2.30. The van der Waals surface area contributed by atoms with Crippen LogP contribution in [0.15, 0.2) is 47.3 Å². The molecule has 0 aliphatic carbocycles. The Kier molecular flexibility index (Phi) is 4.15. The minimum Gasteiger partial charge on any atom is -0.507 e. The molecule has 0 saturated heterocycles. The zero-order chi connectivity index (χ0) is 18.8. The maximum absolute atomic E-state index is 12.1. The Morgan fingerprint density at radius 1 is 1.08 bits per heavy atom. The van der Waals surface area contributed by atoms with Crippen molar-refractivity contribution >= 4 is 34.2 Å². The summed E-state index contributed by atoms with van der Waals surface area (Å²) in [6.45, 7) is 0. The SMILES string of the molecule is O=c1[nH]c2cc([N+](=O)[O-])c([N+](=O)[O-])cc2nc1/C=C(\O)c1ccccc1. The van der Waals surface area contributed by atoms with Crippen LogP contribution in [0, 0.1) is 20.2 Å². The summed E-state index contributed by atoms with van der Waals surface area (Å²) in [4.78, 5) is 38.7. The summed E-state index contributed by atoms with van der Waals surface area (Å²) in [6, 6.07) is 10.2. The summed E-state index contributed by atoms with van der Waals surface area (Å²) < 4.78 is 0. The normalized spacial score (nSPS) is 11.5. The number of hydrogen-bond donors (Lipinski definition) is 2. The molecule has 0 aliphatic rings. The molecule has 10 nitrogen and oxygen atoms in total. The van der Waals surface area contributed by atoms with Gasteiger partial charge in [0.1, 0.15) is 11.5 Å². The van der Waals surface area contributed by atoms with E-state index < -0.39 is 26.8 Å². The first-order valence-electron chi connectivity index (χ1n) is 7.20. The fourth-order valence-corrected chi connectivity index (χ4v) is 2.34. The quantitative estimate of drug-likeness (QED) is 0.415. The van der Waals surface area contributed by atoms with Crippen molar-refractivity contribution in [2.75, 3.05) is 0 Å². The van der Waals surface area contributed by atoms with Gasteiger partial charge in [-0.05, 0) is 0 Å². The molecule has 0 bridgehead atoms. The van der Waals surface area contributed by atoms with Gasteiger partial charge in [0.25, 0.3) is 5.56 Å². The van der Waals surface area contributed by atoms with Crippen LogP contribution in [0.5, 0.6) is 0 Å². The van der Waals surface area contributed by atoms with Crippen LogP contribution >= 0.6 is 0 Å². The molecule has 1 heterocycles. The molecule has 3 aromatic rings. The standard InChI is InChI=1S/C16H10N4O6/c21-15(9-4-2-1-3-5-9)8-12-16(22)18-11-7-14(20(25)26)13(19(23)24)6-10(11)17-12/h1-8,21H,(H,18,22)/b15-8-. The first kappa shape index (κ1) is 16.8. The lowest BCUT2D eigenvalue weighted by Crippen LogP contribution is -2.12. The average Bonchev–Trinajstić information content (AvgIpc) is 2.61. The highest BCUT2D eigenvalue weighted by Gasteiger charge is 2.25. The summed E-state index contributed by atoms with van der Waals surface area (Å²) in [5, 5.41) is 32.1. The number of benzene rings is 2. The monoisotopic (exact) mass is 354 g/mol. The van der Waals surface area contributed by atoms with Gasteiger partial charge in [0.15, 0.2) is 0 Å². The van der Waals surface area contributed by atoms with Crippen molar-refractivity contribution in [2.45, 2.75) is 0 Å². The van der Waals surface area contributed by atoms with Gasteiger partial charge in [-0.25, -0.2) is 4.98 Å². The van der Waals surface area contributed by atoms with Gasteiger partial charge >= 0.3 is 11.4 Å². The zero-order valence-corrected chi connectivity index (χ0v) is 12.9. The predicted molar refractivity (Wildman–Crippen MR) is 92.6 cm³/mol. The molecular weight excluding hydrogens is 344 g/mol. The van der Waals surface area contributed by atoms with Crippen molar-refractivity contribution in [3.05, 3.63) is 84.3 Å². The van der Waals surface area contributed by atoms with Crippen molar-refractivity contribution in [3.8, 4) is 0 Å². The second kappa shape index (κ2) is 6.43. The van der Waals surface area contributed by atoms with E-state index >= 15 is 0 Å². The van der Waals surface area contributed by atoms with Crippen LogP contribution in [0.1, 0.15) is 11.3 Å². The number of hydrogen-bond acceptors (Lipinski definition) is 7. The van der Waals surface area contributed by atoms with E-state index in [4.69, 9.17) is 0 Å². The van der Waals surface area contributed by atoms with Gasteiger partial charge in [-0.1, -0.05) is 30.3 Å². The van der Waals surface area contributed by atoms with Crippen LogP contribution < -0.4 is 5.56 Å². The van der Waals surface area contributed by atoms with Gasteiger partial charge in [0, 0.05) is 17.7 Å². The molecule has 3 rings (SSSR count). The molecule has 0 atom stereocenters. The Labute approximate surface area is 144 Å². The van der Waals surface area contributed by atoms with Gasteiger partial charge in [-0.3, -0.25) is 25.0 Å². The van der Waals surface area contributed by atoms with E-state index in [1.807, 2.05) is 0 Å². The van der Waals surface area contributed by atoms with Crippen LogP contribution in [0.2, 0.25) is 0 Å². The van der Waals surface area contributed by atoms with E-state index in [1.54, 1.807) is 30.3 Å². The van der Waals surface area contributed by atoms with Gasteiger partial charge in [-0.15, -0.1) is 0 Å². The molecular formula is C16H10N4O6. The smallest absolute Gasteiger partial charge is 0.348 e. The number of nitrogens with one attached hydrogen (secondary N) is 1. The topological polar surface area (TPSA) is 152 Å². The van der Waals surface area contributed by atoms with Crippen LogP contribution in [-0.2, 0) is 0 Å². The molecule has 130 valence electrons. The van der Waals surface area contributed by atoms with E-state index in [0.29, 0.717) is 5.56 Å². The van der Waals surface area contributed by atoms with E-state index in [1.165, 1.54) is 0 Å². The Balaban J connectivity index is 2.19. The second-order valence-corrected chi connectivity index (χ2v) is 5.22. The molecule has 0 spiro atoms. The number of H-pyrrole nitrogens is 1. The number of aliphatic hydroxyl groups excluding tert-OH is 1. The second-order valence-electron chi connectivity index (χ2n) is 5.22. The number of nitro benzene ring substituents is 2. The summed E-state index contributed by atoms with van der Waals surface area (Å²) in [5.74, 6) is -0.223. The third-order valence-corrected chi connectivity index (χ3v) is 3.55. The Morgan fingerprint density at radius 2 is 1.69 bits per heavy atom. The highest BCUT2D eigenvalue weighted by atomic mass is 16.6. The molecule has 26 heavy (non-hydrogen) atoms. The van der Waals surface area contributed by atoms with Crippen molar-refractivity contribution in [3.63, 3.8) is 0 Å². The van der Waals surface area contributed by atoms with E-state index in [2.05, 4.69) is 9.97 Å². The van der Waals surface area contributed by atoms with E-state index in [-0.39, 0.29) is 22.5 Å². The van der Waals surface area contributed by atoms with Crippen molar-refractivity contribution < 1.29 is 15.0 Å².